The van der Waals surface area contributed by atoms with Gasteiger partial charge in [0.05, 0.1) is 12.5 Å². The Morgan fingerprint density at radius 2 is 1.67 bits per heavy atom. The van der Waals surface area contributed by atoms with Gasteiger partial charge in [-0.15, -0.1) is 0 Å². The second kappa shape index (κ2) is 12.1. The first-order valence-corrected chi connectivity index (χ1v) is 12.1. The summed E-state index contributed by atoms with van der Waals surface area (Å²) in [6.45, 7) is 11.5. The fourth-order valence-corrected chi connectivity index (χ4v) is 4.28. The number of amides is 2. The van der Waals surface area contributed by atoms with Crippen molar-refractivity contribution in [1.82, 2.24) is 5.32 Å². The van der Waals surface area contributed by atoms with Crippen LogP contribution >= 0.6 is 0 Å². The number of ether oxygens (including phenoxy) is 2. The van der Waals surface area contributed by atoms with E-state index in [0.717, 1.165) is 31.2 Å². The summed E-state index contributed by atoms with van der Waals surface area (Å²) in [5.41, 5.74) is 0.870. The molecular formula is C26H40N2O5. The molecule has 0 aromatic heterocycles. The second-order valence-electron chi connectivity index (χ2n) is 10.2. The van der Waals surface area contributed by atoms with Gasteiger partial charge < -0.3 is 20.1 Å². The van der Waals surface area contributed by atoms with Gasteiger partial charge in [-0.05, 0) is 76.5 Å². The standard InChI is InChI=1S/C26H40N2O5/c1-7-32-24(30)22(18-10-8-9-11-18)19-12-14-20(15-13-19)27-23(29)21(16-17(2)3)28-25(31)33-26(4,5)6/h12-15,17-18,21-22H,7-11,16H2,1-6H3,(H,27,29)(H,28,31)/t21-,22?/m0/s1. The summed E-state index contributed by atoms with van der Waals surface area (Å²) in [5, 5.41) is 5.57. The number of alkyl carbamates (subject to hydrolysis) is 1. The zero-order chi connectivity index (χ0) is 24.6. The van der Waals surface area contributed by atoms with E-state index in [1.807, 2.05) is 32.9 Å². The molecule has 184 valence electrons. The summed E-state index contributed by atoms with van der Waals surface area (Å²) in [4.78, 5) is 37.8. The molecule has 33 heavy (non-hydrogen) atoms. The number of rotatable bonds is 9. The third-order valence-electron chi connectivity index (χ3n) is 5.66. The van der Waals surface area contributed by atoms with Crippen molar-refractivity contribution in [2.45, 2.75) is 91.2 Å². The minimum Gasteiger partial charge on any atom is -0.466 e. The topological polar surface area (TPSA) is 93.7 Å². The molecule has 2 N–H and O–H groups in total. The third kappa shape index (κ3) is 8.71. The van der Waals surface area contributed by atoms with Gasteiger partial charge in [-0.1, -0.05) is 38.8 Å². The number of hydrogen-bond acceptors (Lipinski definition) is 5. The number of hydrogen-bond donors (Lipinski definition) is 2. The van der Waals surface area contributed by atoms with Crippen LogP contribution in [0.5, 0.6) is 0 Å². The molecule has 1 saturated carbocycles. The van der Waals surface area contributed by atoms with Gasteiger partial charge >= 0.3 is 12.1 Å². The minimum absolute atomic E-state index is 0.181. The van der Waals surface area contributed by atoms with E-state index in [-0.39, 0.29) is 29.6 Å². The summed E-state index contributed by atoms with van der Waals surface area (Å²) in [6, 6.07) is 6.65. The average Bonchev–Trinajstić information content (AvgIpc) is 3.21. The van der Waals surface area contributed by atoms with E-state index in [9.17, 15) is 14.4 Å². The van der Waals surface area contributed by atoms with Crippen LogP contribution in [0.3, 0.4) is 0 Å². The van der Waals surface area contributed by atoms with Crippen molar-refractivity contribution in [3.63, 3.8) is 0 Å². The van der Waals surface area contributed by atoms with Crippen LogP contribution in [0, 0.1) is 11.8 Å². The van der Waals surface area contributed by atoms with Crippen LogP contribution in [0.25, 0.3) is 0 Å². The molecule has 1 aliphatic carbocycles. The molecular weight excluding hydrogens is 420 g/mol. The largest absolute Gasteiger partial charge is 0.466 e. The predicted octanol–water partition coefficient (Wildman–Crippen LogP) is 5.40. The number of benzene rings is 1. The molecule has 7 heteroatoms. The van der Waals surface area contributed by atoms with E-state index in [2.05, 4.69) is 10.6 Å². The molecule has 1 aromatic carbocycles. The van der Waals surface area contributed by atoms with Crippen LogP contribution in [0.4, 0.5) is 10.5 Å². The van der Waals surface area contributed by atoms with Gasteiger partial charge in [0.15, 0.2) is 0 Å². The average molecular weight is 461 g/mol. The lowest BCUT2D eigenvalue weighted by molar-refractivity contribution is -0.146. The van der Waals surface area contributed by atoms with E-state index >= 15 is 0 Å². The Bertz CT molecular complexity index is 792. The summed E-state index contributed by atoms with van der Waals surface area (Å²) < 4.78 is 10.7. The van der Waals surface area contributed by atoms with E-state index in [1.54, 1.807) is 32.9 Å². The van der Waals surface area contributed by atoms with Crippen molar-refractivity contribution in [3.05, 3.63) is 29.8 Å². The zero-order valence-electron chi connectivity index (χ0n) is 20.9. The van der Waals surface area contributed by atoms with Gasteiger partial charge in [0.1, 0.15) is 11.6 Å². The Morgan fingerprint density at radius 1 is 1.06 bits per heavy atom. The highest BCUT2D eigenvalue weighted by atomic mass is 16.6. The minimum atomic E-state index is -0.717. The predicted molar refractivity (Wildman–Crippen MR) is 129 cm³/mol. The van der Waals surface area contributed by atoms with Crippen molar-refractivity contribution in [1.29, 1.82) is 0 Å². The monoisotopic (exact) mass is 460 g/mol. The molecule has 2 atom stereocenters. The lowest BCUT2D eigenvalue weighted by Gasteiger charge is -2.24. The quantitative estimate of drug-likeness (QED) is 0.481. The first kappa shape index (κ1) is 26.7. The Balaban J connectivity index is 2.10. The molecule has 2 rings (SSSR count). The molecule has 0 saturated heterocycles. The van der Waals surface area contributed by atoms with Crippen molar-refractivity contribution in [2.75, 3.05) is 11.9 Å². The smallest absolute Gasteiger partial charge is 0.408 e. The SMILES string of the molecule is CCOC(=O)C(c1ccc(NC(=O)[C@H](CC(C)C)NC(=O)OC(C)(C)C)cc1)C1CCCC1. The van der Waals surface area contributed by atoms with Crippen molar-refractivity contribution >= 4 is 23.7 Å². The van der Waals surface area contributed by atoms with Gasteiger partial charge in [-0.2, -0.15) is 0 Å². The van der Waals surface area contributed by atoms with E-state index in [1.165, 1.54) is 0 Å². The lowest BCUT2D eigenvalue weighted by atomic mass is 9.85. The number of carbonyl (C=O) groups is 3. The summed E-state index contributed by atoms with van der Waals surface area (Å²) >= 11 is 0. The first-order valence-electron chi connectivity index (χ1n) is 12.1. The molecule has 0 radical (unpaired) electrons. The third-order valence-corrected chi connectivity index (χ3v) is 5.66. The van der Waals surface area contributed by atoms with Crippen LogP contribution < -0.4 is 10.6 Å². The van der Waals surface area contributed by atoms with Crippen LogP contribution in [0.2, 0.25) is 0 Å². The molecule has 1 aromatic rings. The Kier molecular flexibility index (Phi) is 9.74. The van der Waals surface area contributed by atoms with Gasteiger partial charge in [-0.3, -0.25) is 9.59 Å². The molecule has 0 aliphatic heterocycles. The van der Waals surface area contributed by atoms with Crippen LogP contribution in [-0.4, -0.2) is 36.2 Å². The summed E-state index contributed by atoms with van der Waals surface area (Å²) in [7, 11) is 0. The van der Waals surface area contributed by atoms with Gasteiger partial charge in [0.25, 0.3) is 0 Å². The lowest BCUT2D eigenvalue weighted by Crippen LogP contribution is -2.46. The summed E-state index contributed by atoms with van der Waals surface area (Å²) in [6.07, 6.45) is 4.18. The van der Waals surface area contributed by atoms with Crippen LogP contribution in [0.15, 0.2) is 24.3 Å². The van der Waals surface area contributed by atoms with E-state index in [0.29, 0.717) is 18.7 Å². The highest BCUT2D eigenvalue weighted by Gasteiger charge is 2.33. The van der Waals surface area contributed by atoms with Crippen molar-refractivity contribution in [3.8, 4) is 0 Å². The number of esters is 1. The van der Waals surface area contributed by atoms with E-state index < -0.39 is 17.7 Å². The van der Waals surface area contributed by atoms with Gasteiger partial charge in [0, 0.05) is 5.69 Å². The van der Waals surface area contributed by atoms with Crippen molar-refractivity contribution in [2.24, 2.45) is 11.8 Å². The number of anilines is 1. The summed E-state index contributed by atoms with van der Waals surface area (Å²) in [5.74, 6) is -0.271. The first-order chi connectivity index (χ1) is 15.5. The molecule has 1 aliphatic rings. The van der Waals surface area contributed by atoms with Crippen LogP contribution in [-0.2, 0) is 19.1 Å². The molecule has 7 nitrogen and oxygen atoms in total. The maximum absolute atomic E-state index is 12.9. The zero-order valence-corrected chi connectivity index (χ0v) is 20.9. The normalized spacial score (nSPS) is 16.2. The molecule has 2 amide bonds. The molecule has 1 unspecified atom stereocenters. The molecule has 0 spiro atoms. The van der Waals surface area contributed by atoms with Gasteiger partial charge in [-0.25, -0.2) is 4.79 Å². The molecule has 0 bridgehead atoms. The number of nitrogens with one attached hydrogen (secondary N) is 2. The number of carbonyl (C=O) groups excluding carboxylic acids is 3. The maximum Gasteiger partial charge on any atom is 0.408 e. The molecule has 1 fully saturated rings. The fourth-order valence-electron chi connectivity index (χ4n) is 4.28. The maximum atomic E-state index is 12.9. The highest BCUT2D eigenvalue weighted by molar-refractivity contribution is 5.96. The highest BCUT2D eigenvalue weighted by Crippen LogP contribution is 2.38. The Labute approximate surface area is 198 Å². The fraction of sp³-hybridized carbons (Fsp3) is 0.654. The Morgan fingerprint density at radius 3 is 2.18 bits per heavy atom. The molecule has 0 heterocycles. The van der Waals surface area contributed by atoms with E-state index in [4.69, 9.17) is 9.47 Å². The van der Waals surface area contributed by atoms with Crippen LogP contribution in [0.1, 0.15) is 85.1 Å². The van der Waals surface area contributed by atoms with Crippen molar-refractivity contribution < 1.29 is 23.9 Å². The van der Waals surface area contributed by atoms with Gasteiger partial charge in [0.2, 0.25) is 5.91 Å². The second-order valence-corrected chi connectivity index (χ2v) is 10.2. The Hall–Kier alpha value is -2.57.